The number of aromatic nitrogens is 4. The van der Waals surface area contributed by atoms with Crippen molar-refractivity contribution >= 4 is 56.1 Å². The normalized spacial score (nSPS) is 21.8. The Morgan fingerprint density at radius 3 is 2.48 bits per heavy atom. The molecule has 1 amide bonds. The van der Waals surface area contributed by atoms with Gasteiger partial charge in [0.1, 0.15) is 33.3 Å². The Labute approximate surface area is 463 Å². The molecule has 2 aliphatic heterocycles. The predicted molar refractivity (Wildman–Crippen MR) is 304 cm³/mol. The zero-order chi connectivity index (χ0) is 55.2. The first-order chi connectivity index (χ1) is 38.0. The molecule has 4 fully saturated rings. The fraction of sp³-hybridized carbons (Fsp3) is 0.450. The number of H-pyrrole nitrogens is 2. The number of piperazine rings is 1. The van der Waals surface area contributed by atoms with Crippen molar-refractivity contribution in [3.05, 3.63) is 130 Å². The number of carbonyl (C=O) groups excluding carboxylic acids is 1. The van der Waals surface area contributed by atoms with E-state index in [0.717, 1.165) is 83.5 Å². The van der Waals surface area contributed by atoms with Crippen molar-refractivity contribution in [2.75, 3.05) is 63.6 Å². The number of fused-ring (bicyclic) bond motifs is 2. The van der Waals surface area contributed by atoms with E-state index in [0.29, 0.717) is 54.1 Å². The molecule has 3 atom stereocenters. The Hall–Kier alpha value is -6.45. The largest absolute Gasteiger partial charge is 0.629 e. The van der Waals surface area contributed by atoms with E-state index in [1.807, 2.05) is 13.0 Å². The molecular formula is C60H73FN10O7S. The molecule has 6 N–H and O–H groups in total. The Morgan fingerprint density at radius 2 is 1.75 bits per heavy atom. The standard InChI is InChI=1S/C60H73FN10O7S/c1-37(2)43-9-7-8-10-44(43)49-35-69(34-40-13-11-38(3)12-14-40)25-26-71(49)42-30-60(31-42)21-23-70(24-22-60)41-15-16-45(50(27-41)77-51-28-46-47(61)33-63-56(46)66-58(51)76-6)57(72)67-78-79(75)52-29-48(68(5)74)53(55-54(52)64-36-65-55)62-32-39-17-19-59(4,73)20-18-39/h7-16,27-29,33,36-37,39,42,49,62,68,73H,17-26,30-32,34-35H2,1-6H3,(H,63,66)(H,64,65)(H,67,72)/t39-,49-,59-,79?/m0/s1. The topological polar surface area (TPSA) is 201 Å². The maximum atomic E-state index is 15.0. The van der Waals surface area contributed by atoms with Gasteiger partial charge in [-0.1, -0.05) is 67.9 Å². The summed E-state index contributed by atoms with van der Waals surface area (Å²) in [6.07, 6.45) is 10.0. The molecular weight excluding hydrogens is 1020 g/mol. The maximum Gasteiger partial charge on any atom is 0.279 e. The number of aliphatic hydroxyl groups is 1. The number of pyridine rings is 1. The number of hydrogen-bond acceptors (Lipinski definition) is 13. The van der Waals surface area contributed by atoms with E-state index in [-0.39, 0.29) is 61.0 Å². The van der Waals surface area contributed by atoms with Gasteiger partial charge in [-0.25, -0.2) is 19.1 Å². The Kier molecular flexibility index (Phi) is 15.6. The molecule has 79 heavy (non-hydrogen) atoms. The number of amides is 1. The zero-order valence-corrected chi connectivity index (χ0v) is 46.8. The summed E-state index contributed by atoms with van der Waals surface area (Å²) in [6.45, 7) is 14.8. The van der Waals surface area contributed by atoms with Crippen molar-refractivity contribution in [2.24, 2.45) is 11.3 Å². The minimum Gasteiger partial charge on any atom is -0.629 e. The number of aromatic amines is 2. The number of ether oxygens (including phenoxy) is 2. The second kappa shape index (κ2) is 22.6. The molecule has 0 bridgehead atoms. The summed E-state index contributed by atoms with van der Waals surface area (Å²) in [5, 5.41) is 27.0. The number of piperidine rings is 1. The number of methoxy groups -OCH3 is 1. The SMILES string of the molecule is COc1nc2[nH]cc(F)c2cc1Oc1cc(N2CCC3(CC2)CC(N2CCN(Cc4ccc(C)cc4)C[C@H]2c2ccccc2C(C)C)C3)ccc1C(=O)NOS(=O)c1cc([NH+](C)[O-])c(NC[C@H]2CC[C@](C)(O)CC2)c2[nH]cnc12. The number of nitrogens with one attached hydrogen (secondary N) is 5. The van der Waals surface area contributed by atoms with Gasteiger partial charge in [0.05, 0.1) is 42.6 Å². The minimum absolute atomic E-state index is 0.0402. The summed E-state index contributed by atoms with van der Waals surface area (Å²) >= 11 is -2.34. The minimum atomic E-state index is -2.34. The van der Waals surface area contributed by atoms with Crippen LogP contribution in [-0.4, -0.2) is 110 Å². The van der Waals surface area contributed by atoms with Gasteiger partial charge < -0.3 is 45.0 Å². The Morgan fingerprint density at radius 1 is 0.987 bits per heavy atom. The Bertz CT molecular complexity index is 3340. The highest BCUT2D eigenvalue weighted by Crippen LogP contribution is 2.54. The maximum absolute atomic E-state index is 15.0. The van der Waals surface area contributed by atoms with Crippen molar-refractivity contribution in [3.8, 4) is 17.4 Å². The van der Waals surface area contributed by atoms with Gasteiger partial charge in [0, 0.05) is 88.0 Å². The van der Waals surface area contributed by atoms with Crippen LogP contribution in [0.15, 0.2) is 96.3 Å². The van der Waals surface area contributed by atoms with Crippen LogP contribution in [0.1, 0.15) is 117 Å². The van der Waals surface area contributed by atoms with E-state index in [4.69, 9.17) is 13.8 Å². The molecule has 1 spiro atoms. The molecule has 4 aromatic carbocycles. The summed E-state index contributed by atoms with van der Waals surface area (Å²) in [4.78, 5) is 36.9. The third-order valence-electron chi connectivity index (χ3n) is 17.4. The molecule has 4 aliphatic rings. The van der Waals surface area contributed by atoms with Gasteiger partial charge in [0.2, 0.25) is 11.1 Å². The van der Waals surface area contributed by atoms with E-state index < -0.39 is 28.4 Å². The van der Waals surface area contributed by atoms with E-state index >= 15 is 0 Å². The zero-order valence-electron chi connectivity index (χ0n) is 46.0. The molecule has 2 unspecified atom stereocenters. The molecule has 0 radical (unpaired) electrons. The number of quaternary nitrogens is 1. The van der Waals surface area contributed by atoms with Gasteiger partial charge >= 0.3 is 0 Å². The van der Waals surface area contributed by atoms with Crippen LogP contribution in [-0.2, 0) is 21.9 Å². The number of aryl methyl sites for hydroxylation is 1. The van der Waals surface area contributed by atoms with Crippen LogP contribution >= 0.6 is 0 Å². The number of rotatable bonds is 17. The van der Waals surface area contributed by atoms with E-state index in [1.54, 1.807) is 12.1 Å². The molecule has 5 heterocycles. The number of nitrogens with zero attached hydrogens (tertiary/aromatic N) is 5. The third-order valence-corrected chi connectivity index (χ3v) is 18.3. The number of imidazole rings is 1. The van der Waals surface area contributed by atoms with Crippen LogP contribution in [0.4, 0.5) is 21.5 Å². The van der Waals surface area contributed by atoms with Gasteiger partial charge in [-0.3, -0.25) is 14.6 Å². The number of benzene rings is 4. The lowest BCUT2D eigenvalue weighted by Gasteiger charge is -2.58. The smallest absolute Gasteiger partial charge is 0.279 e. The van der Waals surface area contributed by atoms with Crippen molar-refractivity contribution in [2.45, 2.75) is 114 Å². The molecule has 11 rings (SSSR count). The lowest BCUT2D eigenvalue weighted by Crippen LogP contribution is -2.98. The van der Waals surface area contributed by atoms with Crippen LogP contribution in [0.3, 0.4) is 0 Å². The molecule has 2 saturated carbocycles. The summed E-state index contributed by atoms with van der Waals surface area (Å²) in [5.74, 6) is -0.326. The average molecular weight is 1100 g/mol. The van der Waals surface area contributed by atoms with Crippen molar-refractivity contribution < 1.29 is 37.3 Å². The second-order valence-corrected chi connectivity index (χ2v) is 24.2. The number of carbonyl (C=O) groups is 1. The second-order valence-electron chi connectivity index (χ2n) is 23.2. The number of hydrogen-bond donors (Lipinski definition) is 6. The van der Waals surface area contributed by atoms with Gasteiger partial charge in [-0.05, 0) is 111 Å². The molecule has 17 nitrogen and oxygen atoms in total. The first-order valence-corrected chi connectivity index (χ1v) is 28.9. The fourth-order valence-corrected chi connectivity index (χ4v) is 13.5. The van der Waals surface area contributed by atoms with Crippen LogP contribution in [0.2, 0.25) is 0 Å². The van der Waals surface area contributed by atoms with Crippen molar-refractivity contribution in [3.63, 3.8) is 0 Å². The van der Waals surface area contributed by atoms with Crippen LogP contribution in [0, 0.1) is 29.3 Å². The van der Waals surface area contributed by atoms with Crippen LogP contribution in [0.5, 0.6) is 17.4 Å². The van der Waals surface area contributed by atoms with Crippen molar-refractivity contribution in [1.29, 1.82) is 0 Å². The first-order valence-electron chi connectivity index (χ1n) is 27.8. The number of anilines is 2. The van der Waals surface area contributed by atoms with Crippen LogP contribution in [0.25, 0.3) is 22.1 Å². The summed E-state index contributed by atoms with van der Waals surface area (Å²) < 4.78 is 46.7. The molecule has 7 aromatic rings. The highest BCUT2D eigenvalue weighted by atomic mass is 32.2. The highest BCUT2D eigenvalue weighted by molar-refractivity contribution is 7.80. The van der Waals surface area contributed by atoms with Crippen molar-refractivity contribution in [1.82, 2.24) is 35.2 Å². The molecule has 19 heteroatoms. The first kappa shape index (κ1) is 54.5. The lowest BCUT2D eigenvalue weighted by atomic mass is 9.59. The predicted octanol–water partition coefficient (Wildman–Crippen LogP) is 9.50. The van der Waals surface area contributed by atoms with Gasteiger partial charge in [-0.2, -0.15) is 9.27 Å². The van der Waals surface area contributed by atoms with E-state index in [9.17, 15) is 23.7 Å². The van der Waals surface area contributed by atoms with E-state index in [2.05, 4.69) is 115 Å². The lowest BCUT2D eigenvalue weighted by molar-refractivity contribution is -0.750. The number of halogens is 1. The van der Waals surface area contributed by atoms with Gasteiger partial charge in [0.15, 0.2) is 11.4 Å². The third kappa shape index (κ3) is 11.5. The van der Waals surface area contributed by atoms with E-state index in [1.165, 1.54) is 61.1 Å². The monoisotopic (exact) mass is 1100 g/mol. The van der Waals surface area contributed by atoms with Gasteiger partial charge in [0.25, 0.3) is 11.8 Å². The summed E-state index contributed by atoms with van der Waals surface area (Å²) in [6, 6.07) is 27.0. The van der Waals surface area contributed by atoms with Gasteiger partial charge in [-0.15, -0.1) is 0 Å². The molecule has 3 aromatic heterocycles. The molecule has 418 valence electrons. The quantitative estimate of drug-likeness (QED) is 0.0472. The number of hydroxylamine groups is 2. The Balaban J connectivity index is 0.798. The summed E-state index contributed by atoms with van der Waals surface area (Å²) in [7, 11) is 2.86. The van der Waals surface area contributed by atoms with Crippen LogP contribution < -0.4 is 30.2 Å². The highest BCUT2D eigenvalue weighted by Gasteiger charge is 2.50. The average Bonchev–Trinajstić information content (AvgIpc) is 4.18. The fourth-order valence-electron chi connectivity index (χ4n) is 12.7. The molecule has 2 saturated heterocycles. The molecule has 2 aliphatic carbocycles. The summed E-state index contributed by atoms with van der Waals surface area (Å²) in [5.41, 5.74) is 10.1.